The van der Waals surface area contributed by atoms with Crippen molar-refractivity contribution in [3.63, 3.8) is 0 Å². The van der Waals surface area contributed by atoms with E-state index in [0.29, 0.717) is 39.9 Å². The Balaban J connectivity index is 1.53. The molecule has 1 heterocycles. The number of fused-ring (bicyclic) bond motifs is 1. The first-order valence-electron chi connectivity index (χ1n) is 10.6. The second-order valence-corrected chi connectivity index (χ2v) is 8.71. The summed E-state index contributed by atoms with van der Waals surface area (Å²) in [7, 11) is 0. The highest BCUT2D eigenvalue weighted by molar-refractivity contribution is 6.32. The van der Waals surface area contributed by atoms with Crippen molar-refractivity contribution in [3.05, 3.63) is 92.2 Å². The number of benzene rings is 3. The number of hydrogen-bond acceptors (Lipinski definition) is 3. The van der Waals surface area contributed by atoms with Crippen LogP contribution in [0.5, 0.6) is 5.75 Å². The zero-order chi connectivity index (χ0) is 22.7. The molecule has 0 radical (unpaired) electrons. The van der Waals surface area contributed by atoms with E-state index in [1.807, 2.05) is 68.4 Å². The summed E-state index contributed by atoms with van der Waals surface area (Å²) in [5, 5.41) is 1.89. The van der Waals surface area contributed by atoms with Crippen LogP contribution in [0.15, 0.2) is 65.5 Å². The first-order valence-corrected chi connectivity index (χ1v) is 11.3. The fraction of sp³-hybridized carbons (Fsp3) is 0.231. The van der Waals surface area contributed by atoms with Crippen LogP contribution in [-0.4, -0.2) is 16.2 Å². The van der Waals surface area contributed by atoms with Crippen LogP contribution in [0, 0.1) is 13.8 Å². The molecule has 1 aromatic heterocycles. The number of aryl methyl sites for hydroxylation is 2. The molecule has 4 nitrogen and oxygen atoms in total. The number of halogens is 2. The lowest BCUT2D eigenvalue weighted by Gasteiger charge is -2.15. The van der Waals surface area contributed by atoms with Crippen LogP contribution in [0.25, 0.3) is 22.3 Å². The number of unbranched alkanes of at least 4 members (excludes halogenated alkanes) is 1. The van der Waals surface area contributed by atoms with E-state index in [0.717, 1.165) is 35.3 Å². The lowest BCUT2D eigenvalue weighted by molar-refractivity contribution is 0.301. The highest BCUT2D eigenvalue weighted by Crippen LogP contribution is 2.30. The van der Waals surface area contributed by atoms with Gasteiger partial charge in [-0.2, -0.15) is 0 Å². The molecule has 0 spiro atoms. The van der Waals surface area contributed by atoms with Gasteiger partial charge in [-0.1, -0.05) is 41.4 Å². The maximum atomic E-state index is 13.2. The van der Waals surface area contributed by atoms with Crippen molar-refractivity contribution in [2.45, 2.75) is 33.2 Å². The van der Waals surface area contributed by atoms with E-state index >= 15 is 0 Å². The van der Waals surface area contributed by atoms with Gasteiger partial charge in [-0.15, -0.1) is 0 Å². The Morgan fingerprint density at radius 2 is 1.72 bits per heavy atom. The minimum atomic E-state index is -0.0427. The highest BCUT2D eigenvalue weighted by atomic mass is 35.5. The SMILES string of the molecule is Cc1cc(C)c(OCCCCn2c(-c3ccc(Cl)cc3)nc3ccccc3c2=O)c(Cl)c1. The van der Waals surface area contributed by atoms with E-state index in [1.165, 1.54) is 0 Å². The molecule has 0 amide bonds. The molecule has 0 saturated heterocycles. The molecule has 164 valence electrons. The third-order valence-electron chi connectivity index (χ3n) is 5.36. The Hall–Kier alpha value is -2.82. The van der Waals surface area contributed by atoms with Gasteiger partial charge in [0.2, 0.25) is 0 Å². The van der Waals surface area contributed by atoms with Crippen LogP contribution in [0.4, 0.5) is 0 Å². The van der Waals surface area contributed by atoms with Crippen LogP contribution in [0.1, 0.15) is 24.0 Å². The van der Waals surface area contributed by atoms with Crippen molar-refractivity contribution in [1.29, 1.82) is 0 Å². The maximum absolute atomic E-state index is 13.2. The van der Waals surface area contributed by atoms with Gasteiger partial charge in [0.15, 0.2) is 0 Å². The molecule has 0 aliphatic carbocycles. The minimum Gasteiger partial charge on any atom is -0.492 e. The zero-order valence-corrected chi connectivity index (χ0v) is 19.6. The summed E-state index contributed by atoms with van der Waals surface area (Å²) >= 11 is 12.4. The predicted octanol–water partition coefficient (Wildman–Crippen LogP) is 6.85. The lowest BCUT2D eigenvalue weighted by atomic mass is 10.1. The van der Waals surface area contributed by atoms with Crippen LogP contribution in [-0.2, 0) is 6.54 Å². The van der Waals surface area contributed by atoms with Gasteiger partial charge in [0.1, 0.15) is 11.6 Å². The summed E-state index contributed by atoms with van der Waals surface area (Å²) in [5.41, 5.74) is 3.63. The molecular formula is C26H24Cl2N2O2. The third kappa shape index (κ3) is 4.82. The van der Waals surface area contributed by atoms with Gasteiger partial charge < -0.3 is 4.74 Å². The van der Waals surface area contributed by atoms with E-state index in [2.05, 4.69) is 6.07 Å². The number of rotatable bonds is 7. The Labute approximate surface area is 197 Å². The molecule has 0 bridgehead atoms. The Morgan fingerprint density at radius 3 is 2.47 bits per heavy atom. The van der Waals surface area contributed by atoms with Crippen molar-refractivity contribution in [2.24, 2.45) is 0 Å². The monoisotopic (exact) mass is 466 g/mol. The largest absolute Gasteiger partial charge is 0.492 e. The quantitative estimate of drug-likeness (QED) is 0.279. The van der Waals surface area contributed by atoms with E-state index < -0.39 is 0 Å². The number of para-hydroxylation sites is 1. The number of aromatic nitrogens is 2. The van der Waals surface area contributed by atoms with Gasteiger partial charge in [-0.25, -0.2) is 4.98 Å². The van der Waals surface area contributed by atoms with Crippen LogP contribution < -0.4 is 10.3 Å². The van der Waals surface area contributed by atoms with Gasteiger partial charge in [0.25, 0.3) is 5.56 Å². The van der Waals surface area contributed by atoms with Crippen molar-refractivity contribution in [3.8, 4) is 17.1 Å². The first kappa shape index (κ1) is 22.4. The predicted molar refractivity (Wildman–Crippen MR) is 132 cm³/mol. The number of hydrogen-bond donors (Lipinski definition) is 0. The fourth-order valence-electron chi connectivity index (χ4n) is 3.83. The summed E-state index contributed by atoms with van der Waals surface area (Å²) in [6.45, 7) is 5.07. The van der Waals surface area contributed by atoms with Gasteiger partial charge in [-0.3, -0.25) is 9.36 Å². The average molecular weight is 467 g/mol. The molecule has 0 N–H and O–H groups in total. The molecular weight excluding hydrogens is 443 g/mol. The average Bonchev–Trinajstić information content (AvgIpc) is 2.77. The fourth-order valence-corrected chi connectivity index (χ4v) is 4.33. The number of nitrogens with zero attached hydrogens (tertiary/aromatic N) is 2. The Kier molecular flexibility index (Phi) is 6.83. The molecule has 4 rings (SSSR count). The summed E-state index contributed by atoms with van der Waals surface area (Å²) in [5.74, 6) is 1.37. The van der Waals surface area contributed by atoms with Crippen molar-refractivity contribution in [1.82, 2.24) is 9.55 Å². The first-order chi connectivity index (χ1) is 15.4. The molecule has 0 fully saturated rings. The van der Waals surface area contributed by atoms with Gasteiger partial charge in [0, 0.05) is 17.1 Å². The van der Waals surface area contributed by atoms with Gasteiger partial charge >= 0.3 is 0 Å². The molecule has 0 atom stereocenters. The summed E-state index contributed by atoms with van der Waals surface area (Å²) in [6.07, 6.45) is 1.55. The summed E-state index contributed by atoms with van der Waals surface area (Å²) in [4.78, 5) is 18.0. The molecule has 0 unspecified atom stereocenters. The zero-order valence-electron chi connectivity index (χ0n) is 18.1. The maximum Gasteiger partial charge on any atom is 0.261 e. The van der Waals surface area contributed by atoms with Crippen molar-refractivity contribution >= 4 is 34.1 Å². The molecule has 0 aliphatic heterocycles. The highest BCUT2D eigenvalue weighted by Gasteiger charge is 2.13. The molecule has 0 aliphatic rings. The van der Waals surface area contributed by atoms with Gasteiger partial charge in [0.05, 0.1) is 22.5 Å². The standard InChI is InChI=1S/C26H24Cl2N2O2/c1-17-15-18(2)24(22(28)16-17)32-14-6-5-13-30-25(19-9-11-20(27)12-10-19)29-23-8-4-3-7-21(23)26(30)31/h3-4,7-12,15-16H,5-6,13-14H2,1-2H3. The van der Waals surface area contributed by atoms with E-state index in [9.17, 15) is 4.79 Å². The van der Waals surface area contributed by atoms with Crippen molar-refractivity contribution < 1.29 is 4.74 Å². The lowest BCUT2D eigenvalue weighted by Crippen LogP contribution is -2.24. The summed E-state index contributed by atoms with van der Waals surface area (Å²) < 4.78 is 7.69. The second kappa shape index (κ2) is 9.76. The van der Waals surface area contributed by atoms with Crippen molar-refractivity contribution in [2.75, 3.05) is 6.61 Å². The van der Waals surface area contributed by atoms with E-state index in [-0.39, 0.29) is 5.56 Å². The Morgan fingerprint density at radius 1 is 0.969 bits per heavy atom. The molecule has 6 heteroatoms. The topological polar surface area (TPSA) is 44.1 Å². The smallest absolute Gasteiger partial charge is 0.261 e. The van der Waals surface area contributed by atoms with E-state index in [1.54, 1.807) is 4.57 Å². The normalized spacial score (nSPS) is 11.1. The molecule has 3 aromatic carbocycles. The van der Waals surface area contributed by atoms with Crippen LogP contribution >= 0.6 is 23.2 Å². The minimum absolute atomic E-state index is 0.0427. The van der Waals surface area contributed by atoms with Crippen LogP contribution in [0.3, 0.4) is 0 Å². The molecule has 4 aromatic rings. The number of ether oxygens (including phenoxy) is 1. The second-order valence-electron chi connectivity index (χ2n) is 7.86. The third-order valence-corrected chi connectivity index (χ3v) is 5.89. The van der Waals surface area contributed by atoms with Crippen LogP contribution in [0.2, 0.25) is 10.0 Å². The summed E-state index contributed by atoms with van der Waals surface area (Å²) in [6, 6.07) is 18.8. The molecule has 32 heavy (non-hydrogen) atoms. The molecule has 0 saturated carbocycles. The Bertz CT molecular complexity index is 1290. The van der Waals surface area contributed by atoms with Gasteiger partial charge in [-0.05, 0) is 80.3 Å². The van der Waals surface area contributed by atoms with E-state index in [4.69, 9.17) is 32.9 Å².